The van der Waals surface area contributed by atoms with Crippen LogP contribution >= 0.6 is 45.2 Å². The first-order chi connectivity index (χ1) is 17.7. The van der Waals surface area contributed by atoms with Gasteiger partial charge in [-0.05, 0) is 99.5 Å². The molecule has 9 heteroatoms. The van der Waals surface area contributed by atoms with E-state index in [0.717, 1.165) is 40.9 Å². The Morgan fingerprint density at radius 2 is 1.78 bits per heavy atom. The summed E-state index contributed by atoms with van der Waals surface area (Å²) >= 11 is 4.40. The third kappa shape index (κ3) is 6.69. The number of benzene rings is 3. The highest BCUT2D eigenvalue weighted by Gasteiger charge is 2.35. The summed E-state index contributed by atoms with van der Waals surface area (Å²) in [4.78, 5) is 38.9. The molecule has 0 bridgehead atoms. The topological polar surface area (TPSA) is 87.7 Å². The summed E-state index contributed by atoms with van der Waals surface area (Å²) in [6.07, 6.45) is 2.36. The first-order valence-corrected chi connectivity index (χ1v) is 13.8. The van der Waals surface area contributed by atoms with Crippen LogP contribution < -0.4 is 15.4 Å². The van der Waals surface area contributed by atoms with E-state index in [1.807, 2.05) is 62.4 Å². The Bertz CT molecular complexity index is 1380. The van der Waals surface area contributed by atoms with Crippen molar-refractivity contribution in [2.24, 2.45) is 0 Å². The molecule has 2 N–H and O–H groups in total. The van der Waals surface area contributed by atoms with Crippen LogP contribution in [0.3, 0.4) is 0 Å². The molecular weight excluding hydrogens is 696 g/mol. The van der Waals surface area contributed by atoms with Crippen molar-refractivity contribution in [1.29, 1.82) is 0 Å². The average Bonchev–Trinajstić information content (AvgIpc) is 3.11. The van der Waals surface area contributed by atoms with Crippen LogP contribution in [0.4, 0.5) is 10.5 Å². The van der Waals surface area contributed by atoms with Crippen LogP contribution in [0, 0.1) is 14.1 Å². The molecule has 190 valence electrons. The Kier molecular flexibility index (Phi) is 8.85. The van der Waals surface area contributed by atoms with Crippen LogP contribution in [-0.2, 0) is 22.6 Å². The molecule has 0 spiro atoms. The predicted molar refractivity (Wildman–Crippen MR) is 160 cm³/mol. The van der Waals surface area contributed by atoms with E-state index < -0.39 is 17.8 Å². The summed E-state index contributed by atoms with van der Waals surface area (Å²) in [5, 5.41) is 5.38. The lowest BCUT2D eigenvalue weighted by Gasteiger charge is -2.13. The largest absolute Gasteiger partial charge is 0.487 e. The lowest BCUT2D eigenvalue weighted by atomic mass is 10.1. The van der Waals surface area contributed by atoms with Crippen LogP contribution in [0.15, 0.2) is 66.4 Å². The van der Waals surface area contributed by atoms with Gasteiger partial charge in [-0.15, -0.1) is 0 Å². The van der Waals surface area contributed by atoms with Gasteiger partial charge in [0.25, 0.3) is 5.91 Å². The van der Waals surface area contributed by atoms with Crippen molar-refractivity contribution in [1.82, 2.24) is 10.2 Å². The van der Waals surface area contributed by atoms with Crippen LogP contribution in [0.5, 0.6) is 5.75 Å². The van der Waals surface area contributed by atoms with E-state index >= 15 is 0 Å². The fourth-order valence-corrected chi connectivity index (χ4v) is 6.05. The van der Waals surface area contributed by atoms with Crippen LogP contribution in [0.1, 0.15) is 29.2 Å². The molecule has 0 aliphatic carbocycles. The lowest BCUT2D eigenvalue weighted by Crippen LogP contribution is -2.38. The SMILES string of the molecule is CCc1ccccc1NC(=O)CN1C(=O)N/C(=C/c2cc(I)c(OCc3cccc(C)c3)c(I)c2)C1=O. The van der Waals surface area contributed by atoms with Crippen molar-refractivity contribution < 1.29 is 19.1 Å². The summed E-state index contributed by atoms with van der Waals surface area (Å²) in [5.74, 6) is -0.226. The smallest absolute Gasteiger partial charge is 0.329 e. The van der Waals surface area contributed by atoms with Gasteiger partial charge in [0.05, 0.1) is 7.14 Å². The maximum absolute atomic E-state index is 12.9. The zero-order chi connectivity index (χ0) is 26.5. The van der Waals surface area contributed by atoms with Crippen molar-refractivity contribution in [3.8, 4) is 5.75 Å². The normalized spacial score (nSPS) is 14.2. The van der Waals surface area contributed by atoms with Gasteiger partial charge in [0.2, 0.25) is 5.91 Å². The maximum Gasteiger partial charge on any atom is 0.329 e. The van der Waals surface area contributed by atoms with E-state index in [9.17, 15) is 14.4 Å². The second kappa shape index (κ2) is 12.1. The molecule has 0 atom stereocenters. The number of imide groups is 1. The molecule has 4 amide bonds. The Morgan fingerprint density at radius 1 is 1.05 bits per heavy atom. The highest BCUT2D eigenvalue weighted by atomic mass is 127. The van der Waals surface area contributed by atoms with E-state index in [1.165, 1.54) is 5.56 Å². The molecule has 0 saturated carbocycles. The van der Waals surface area contributed by atoms with Crippen molar-refractivity contribution in [2.45, 2.75) is 26.9 Å². The van der Waals surface area contributed by atoms with Crippen molar-refractivity contribution in [3.05, 3.63) is 95.8 Å². The van der Waals surface area contributed by atoms with E-state index in [1.54, 1.807) is 12.1 Å². The van der Waals surface area contributed by atoms with Gasteiger partial charge < -0.3 is 15.4 Å². The van der Waals surface area contributed by atoms with Crippen LogP contribution in [-0.4, -0.2) is 29.3 Å². The number of amides is 4. The van der Waals surface area contributed by atoms with E-state index in [-0.39, 0.29) is 12.2 Å². The summed E-state index contributed by atoms with van der Waals surface area (Å²) in [7, 11) is 0. The maximum atomic E-state index is 12.9. The molecule has 4 rings (SSSR count). The number of para-hydroxylation sites is 1. The number of hydrogen-bond acceptors (Lipinski definition) is 4. The number of urea groups is 1. The van der Waals surface area contributed by atoms with Crippen molar-refractivity contribution >= 4 is 74.8 Å². The van der Waals surface area contributed by atoms with Crippen molar-refractivity contribution in [2.75, 3.05) is 11.9 Å². The van der Waals surface area contributed by atoms with Gasteiger partial charge in [0.15, 0.2) is 0 Å². The number of halogens is 2. The summed E-state index contributed by atoms with van der Waals surface area (Å²) in [6.45, 7) is 4.11. The zero-order valence-electron chi connectivity index (χ0n) is 20.3. The number of nitrogens with zero attached hydrogens (tertiary/aromatic N) is 1. The van der Waals surface area contributed by atoms with Gasteiger partial charge in [-0.3, -0.25) is 9.59 Å². The fraction of sp³-hybridized carbons (Fsp3) is 0.179. The van der Waals surface area contributed by atoms with E-state index in [2.05, 4.69) is 61.9 Å². The molecule has 1 fully saturated rings. The van der Waals surface area contributed by atoms with Gasteiger partial charge >= 0.3 is 6.03 Å². The highest BCUT2D eigenvalue weighted by Crippen LogP contribution is 2.31. The Labute approximate surface area is 242 Å². The second-order valence-corrected chi connectivity index (χ2v) is 10.9. The number of hydrogen-bond donors (Lipinski definition) is 2. The Morgan fingerprint density at radius 3 is 2.49 bits per heavy atom. The number of aryl methyl sites for hydroxylation is 2. The quantitative estimate of drug-likeness (QED) is 0.173. The number of ether oxygens (including phenoxy) is 1. The van der Waals surface area contributed by atoms with Gasteiger partial charge in [0.1, 0.15) is 24.6 Å². The fourth-order valence-electron chi connectivity index (χ4n) is 3.92. The standard InChI is InChI=1S/C28H25I2N3O4/c1-3-20-9-4-5-10-23(20)31-25(34)15-33-27(35)24(32-28(33)36)14-19-12-21(29)26(22(30)13-19)37-16-18-8-6-7-17(2)11-18/h4-14H,3,15-16H2,1-2H3,(H,31,34)(H,32,36)/b24-14+. The van der Waals surface area contributed by atoms with Crippen LogP contribution in [0.2, 0.25) is 0 Å². The molecule has 0 unspecified atom stereocenters. The molecule has 0 radical (unpaired) electrons. The average molecular weight is 721 g/mol. The number of carbonyl (C=O) groups excluding carboxylic acids is 3. The highest BCUT2D eigenvalue weighted by molar-refractivity contribution is 14.1. The minimum atomic E-state index is -0.627. The van der Waals surface area contributed by atoms with Gasteiger partial charge in [-0.1, -0.05) is 55.0 Å². The minimum absolute atomic E-state index is 0.117. The summed E-state index contributed by atoms with van der Waals surface area (Å²) < 4.78 is 7.84. The molecule has 1 saturated heterocycles. The number of carbonyl (C=O) groups is 3. The van der Waals surface area contributed by atoms with E-state index in [4.69, 9.17) is 4.74 Å². The molecule has 0 aromatic heterocycles. The molecule has 1 heterocycles. The van der Waals surface area contributed by atoms with Gasteiger partial charge in [0, 0.05) is 5.69 Å². The molecule has 7 nitrogen and oxygen atoms in total. The first kappa shape index (κ1) is 27.1. The van der Waals surface area contributed by atoms with Crippen molar-refractivity contribution in [3.63, 3.8) is 0 Å². The Hall–Kier alpha value is -2.93. The third-order valence-corrected chi connectivity index (χ3v) is 7.34. The molecular formula is C28H25I2N3O4. The number of rotatable bonds is 8. The number of anilines is 1. The lowest BCUT2D eigenvalue weighted by molar-refractivity contribution is -0.127. The Balaban J connectivity index is 1.44. The number of nitrogens with one attached hydrogen (secondary N) is 2. The summed E-state index contributed by atoms with van der Waals surface area (Å²) in [6, 6.07) is 18.7. The van der Waals surface area contributed by atoms with Gasteiger partial charge in [-0.25, -0.2) is 9.69 Å². The molecule has 3 aromatic rings. The molecule has 1 aliphatic heterocycles. The minimum Gasteiger partial charge on any atom is -0.487 e. The first-order valence-electron chi connectivity index (χ1n) is 11.6. The molecule has 1 aliphatic rings. The molecule has 37 heavy (non-hydrogen) atoms. The zero-order valence-corrected chi connectivity index (χ0v) is 24.6. The monoisotopic (exact) mass is 721 g/mol. The third-order valence-electron chi connectivity index (χ3n) is 5.73. The molecule has 3 aromatic carbocycles. The van der Waals surface area contributed by atoms with Crippen LogP contribution in [0.25, 0.3) is 6.08 Å². The van der Waals surface area contributed by atoms with E-state index in [0.29, 0.717) is 12.3 Å². The predicted octanol–water partition coefficient (Wildman–Crippen LogP) is 5.88. The summed E-state index contributed by atoms with van der Waals surface area (Å²) in [5.41, 5.74) is 4.76. The van der Waals surface area contributed by atoms with Gasteiger partial charge in [-0.2, -0.15) is 0 Å². The second-order valence-electron chi connectivity index (χ2n) is 8.53.